The smallest absolute Gasteiger partial charge is 0.438 e. The number of ether oxygens (including phenoxy) is 4. The molecule has 2 aliphatic rings. The van der Waals surface area contributed by atoms with E-state index in [0.29, 0.717) is 47.3 Å². The average molecular weight is 843 g/mol. The highest BCUT2D eigenvalue weighted by Crippen LogP contribution is 2.38. The highest BCUT2D eigenvalue weighted by atomic mass is 32.1. The van der Waals surface area contributed by atoms with Gasteiger partial charge in [0.25, 0.3) is 0 Å². The van der Waals surface area contributed by atoms with Crippen molar-refractivity contribution in [1.82, 2.24) is 19.9 Å². The van der Waals surface area contributed by atoms with Crippen molar-refractivity contribution in [3.8, 4) is 44.4 Å². The highest BCUT2D eigenvalue weighted by Gasteiger charge is 2.39. The van der Waals surface area contributed by atoms with Crippen LogP contribution in [-0.4, -0.2) is 44.5 Å². The van der Waals surface area contributed by atoms with Crippen molar-refractivity contribution in [2.45, 2.75) is 50.6 Å². The van der Waals surface area contributed by atoms with Gasteiger partial charge in [0.05, 0.1) is 36.6 Å². The van der Waals surface area contributed by atoms with E-state index in [1.807, 2.05) is 10.8 Å². The van der Waals surface area contributed by atoms with E-state index in [-0.39, 0.29) is 11.5 Å². The zero-order valence-corrected chi connectivity index (χ0v) is 31.7. The number of rotatable bonds is 8. The van der Waals surface area contributed by atoms with Gasteiger partial charge in [0, 0.05) is 23.2 Å². The Morgan fingerprint density at radius 3 is 1.22 bits per heavy atom. The molecule has 0 unspecified atom stereocenters. The van der Waals surface area contributed by atoms with Gasteiger partial charge in [-0.1, -0.05) is 34.6 Å². The molecule has 0 N–H and O–H groups in total. The topological polar surface area (TPSA) is 132 Å². The SMILES string of the molecule is C[C@@]1(c2ccc(OC(F)(F)F)cc2)CC(Oc2ccc(-c3nccs3)nc2)=NO1.C[C@]1(c2ccc(OC(F)(F)F)cc2)CC(Oc2ccc(-c3nccs3)nc2)=NO1. The summed E-state index contributed by atoms with van der Waals surface area (Å²) in [6, 6.07) is 18.0. The first kappa shape index (κ1) is 39.9. The molecule has 4 aromatic heterocycles. The van der Waals surface area contributed by atoms with Gasteiger partial charge in [0.2, 0.25) is 11.8 Å². The van der Waals surface area contributed by atoms with E-state index in [1.54, 1.807) is 62.9 Å². The van der Waals surface area contributed by atoms with Gasteiger partial charge < -0.3 is 28.6 Å². The first-order valence-electron chi connectivity index (χ1n) is 16.9. The van der Waals surface area contributed by atoms with Crippen molar-refractivity contribution in [3.63, 3.8) is 0 Å². The Hall–Kier alpha value is -6.28. The maximum Gasteiger partial charge on any atom is 0.573 e. The molecule has 2 aliphatic heterocycles. The van der Waals surface area contributed by atoms with Gasteiger partial charge in [-0.05, 0) is 73.5 Å². The van der Waals surface area contributed by atoms with Gasteiger partial charge in [-0.3, -0.25) is 0 Å². The summed E-state index contributed by atoms with van der Waals surface area (Å²) in [5.74, 6) is 1.06. The van der Waals surface area contributed by atoms with Gasteiger partial charge in [-0.25, -0.2) is 19.9 Å². The minimum absolute atomic E-state index is 0.299. The molecule has 8 rings (SSSR count). The zero-order valence-electron chi connectivity index (χ0n) is 30.0. The second-order valence-corrected chi connectivity index (χ2v) is 14.5. The molecule has 2 atom stereocenters. The summed E-state index contributed by atoms with van der Waals surface area (Å²) in [5.41, 5.74) is 1.05. The molecule has 0 saturated heterocycles. The summed E-state index contributed by atoms with van der Waals surface area (Å²) >= 11 is 2.97. The van der Waals surface area contributed by atoms with Crippen LogP contribution < -0.4 is 18.9 Å². The maximum atomic E-state index is 12.3. The molecule has 6 heterocycles. The normalized spacial score (nSPS) is 18.8. The molecule has 58 heavy (non-hydrogen) atoms. The molecule has 0 fully saturated rings. The molecule has 2 aromatic carbocycles. The molecular formula is C38H28F6N6O6S2. The molecule has 0 bridgehead atoms. The molecule has 0 aliphatic carbocycles. The lowest BCUT2D eigenvalue weighted by Gasteiger charge is -2.21. The number of thiazole rings is 2. The van der Waals surface area contributed by atoms with E-state index < -0.39 is 23.9 Å². The lowest BCUT2D eigenvalue weighted by molar-refractivity contribution is -0.275. The molecule has 20 heteroatoms. The quantitative estimate of drug-likeness (QED) is 0.136. The number of benzene rings is 2. The first-order chi connectivity index (χ1) is 27.6. The van der Waals surface area contributed by atoms with Crippen LogP contribution in [0.25, 0.3) is 21.4 Å². The van der Waals surface area contributed by atoms with Crippen LogP contribution in [0.1, 0.15) is 37.8 Å². The first-order valence-corrected chi connectivity index (χ1v) is 18.7. The number of nitrogens with zero attached hydrogens (tertiary/aromatic N) is 6. The Morgan fingerprint density at radius 1 is 0.534 bits per heavy atom. The van der Waals surface area contributed by atoms with Crippen LogP contribution in [0.15, 0.2) is 119 Å². The van der Waals surface area contributed by atoms with Crippen LogP contribution in [0.5, 0.6) is 23.0 Å². The third-order valence-corrected chi connectivity index (χ3v) is 9.91. The van der Waals surface area contributed by atoms with Gasteiger partial charge in [0.15, 0.2) is 11.2 Å². The molecule has 0 radical (unpaired) electrons. The molecule has 0 amide bonds. The second-order valence-electron chi connectivity index (χ2n) is 12.7. The number of hydrogen-bond donors (Lipinski definition) is 0. The Labute approximate surface area is 333 Å². The van der Waals surface area contributed by atoms with Crippen molar-refractivity contribution < 1.29 is 55.0 Å². The number of oxime groups is 2. The molecule has 6 aromatic rings. The van der Waals surface area contributed by atoms with E-state index in [0.717, 1.165) is 21.4 Å². The van der Waals surface area contributed by atoms with Crippen LogP contribution in [-0.2, 0) is 20.9 Å². The summed E-state index contributed by atoms with van der Waals surface area (Å²) in [6.45, 7) is 3.55. The predicted octanol–water partition coefficient (Wildman–Crippen LogP) is 10.3. The standard InChI is InChI=1S/2C19H14F3N3O3S/c2*1-18(12-2-4-13(5-3-12)27-19(20,21)22)10-16(25-28-18)26-14-6-7-15(24-11-14)17-23-8-9-29-17/h2*2-9,11H,10H2,1H3/t2*18-/m10/s1. The largest absolute Gasteiger partial charge is 0.573 e. The molecule has 300 valence electrons. The van der Waals surface area contributed by atoms with Crippen molar-refractivity contribution in [1.29, 1.82) is 0 Å². The van der Waals surface area contributed by atoms with Crippen LogP contribution in [0, 0.1) is 0 Å². The van der Waals surface area contributed by atoms with Gasteiger partial charge >= 0.3 is 12.7 Å². The summed E-state index contributed by atoms with van der Waals surface area (Å²) < 4.78 is 93.0. The highest BCUT2D eigenvalue weighted by molar-refractivity contribution is 7.13. The van der Waals surface area contributed by atoms with Crippen LogP contribution in [0.2, 0.25) is 0 Å². The molecular weight excluding hydrogens is 815 g/mol. The maximum absolute atomic E-state index is 12.3. The van der Waals surface area contributed by atoms with E-state index in [2.05, 4.69) is 39.7 Å². The Balaban J connectivity index is 0.000000177. The Bertz CT molecular complexity index is 2180. The summed E-state index contributed by atoms with van der Waals surface area (Å²) in [5, 5.41) is 13.3. The third kappa shape index (κ3) is 10.2. The van der Waals surface area contributed by atoms with Crippen LogP contribution >= 0.6 is 22.7 Å². The number of halogens is 6. The summed E-state index contributed by atoms with van der Waals surface area (Å²) in [7, 11) is 0. The van der Waals surface area contributed by atoms with Gasteiger partial charge in [0.1, 0.15) is 33.0 Å². The fraction of sp³-hybridized carbons (Fsp3) is 0.211. The zero-order chi connectivity index (χ0) is 41.0. The fourth-order valence-electron chi connectivity index (χ4n) is 5.55. The van der Waals surface area contributed by atoms with E-state index in [9.17, 15) is 26.3 Å². The lowest BCUT2D eigenvalue weighted by atomic mass is 9.93. The van der Waals surface area contributed by atoms with Gasteiger partial charge in [-0.2, -0.15) is 0 Å². The van der Waals surface area contributed by atoms with Crippen LogP contribution in [0.3, 0.4) is 0 Å². The number of pyridine rings is 2. The van der Waals surface area contributed by atoms with E-state index in [4.69, 9.17) is 19.1 Å². The monoisotopic (exact) mass is 842 g/mol. The number of hydrogen-bond acceptors (Lipinski definition) is 14. The minimum atomic E-state index is -4.73. The molecule has 0 spiro atoms. The van der Waals surface area contributed by atoms with Crippen molar-refractivity contribution in [2.75, 3.05) is 0 Å². The predicted molar refractivity (Wildman–Crippen MR) is 199 cm³/mol. The van der Waals surface area contributed by atoms with E-state index in [1.165, 1.54) is 71.2 Å². The van der Waals surface area contributed by atoms with Crippen molar-refractivity contribution >= 4 is 34.5 Å². The fourth-order valence-corrected chi connectivity index (χ4v) is 6.78. The number of alkyl halides is 6. The van der Waals surface area contributed by atoms with E-state index >= 15 is 0 Å². The molecule has 12 nitrogen and oxygen atoms in total. The lowest BCUT2D eigenvalue weighted by Crippen LogP contribution is -2.23. The van der Waals surface area contributed by atoms with Crippen LogP contribution in [0.4, 0.5) is 26.3 Å². The van der Waals surface area contributed by atoms with Crippen molar-refractivity contribution in [3.05, 3.63) is 119 Å². The van der Waals surface area contributed by atoms with Gasteiger partial charge in [-0.15, -0.1) is 49.0 Å². The number of aromatic nitrogens is 4. The van der Waals surface area contributed by atoms with Crippen molar-refractivity contribution in [2.24, 2.45) is 10.3 Å². The minimum Gasteiger partial charge on any atom is -0.438 e. The molecule has 0 saturated carbocycles. The second kappa shape index (κ2) is 16.3. The Kier molecular flexibility index (Phi) is 11.2. The third-order valence-electron chi connectivity index (χ3n) is 8.32. The summed E-state index contributed by atoms with van der Waals surface area (Å²) in [6.07, 6.45) is -2.30. The average Bonchev–Trinajstić information content (AvgIpc) is 4.02. The summed E-state index contributed by atoms with van der Waals surface area (Å²) in [4.78, 5) is 28.0. The Morgan fingerprint density at radius 2 is 0.914 bits per heavy atom.